The average Bonchev–Trinajstić information content (AvgIpc) is 3.09. The van der Waals surface area contributed by atoms with Crippen LogP contribution in [0.2, 0.25) is 0 Å². The second-order valence-corrected chi connectivity index (χ2v) is 12.7. The molecule has 0 aliphatic heterocycles. The fourth-order valence-electron chi connectivity index (χ4n) is 4.99. The molecule has 0 amide bonds. The molecule has 280 valence electrons. The van der Waals surface area contributed by atoms with Crippen LogP contribution in [0.4, 0.5) is 0 Å². The van der Waals surface area contributed by atoms with E-state index in [0.717, 1.165) is 25.7 Å². The number of hydrogen-bond acceptors (Lipinski definition) is 7. The molecule has 0 unspecified atom stereocenters. The van der Waals surface area contributed by atoms with Crippen LogP contribution in [0.1, 0.15) is 149 Å². The number of unbranched alkanes of at least 4 members (excludes halogenated alkanes) is 13. The number of aliphatic hydroxyl groups excluding tert-OH is 3. The third-order valence-corrected chi connectivity index (χ3v) is 7.94. The number of aliphatic hydroxyl groups is 3. The maximum atomic E-state index is 12.1. The van der Waals surface area contributed by atoms with E-state index in [1.807, 2.05) is 48.6 Å². The van der Waals surface area contributed by atoms with Gasteiger partial charge in [0.25, 0.3) is 0 Å². The van der Waals surface area contributed by atoms with Crippen molar-refractivity contribution in [2.75, 3.05) is 13.2 Å². The van der Waals surface area contributed by atoms with Gasteiger partial charge in [0.05, 0.1) is 18.8 Å². The Labute approximate surface area is 298 Å². The largest absolute Gasteiger partial charge is 0.462 e. The number of esters is 2. The summed E-state index contributed by atoms with van der Waals surface area (Å²) in [7, 11) is 0. The first kappa shape index (κ1) is 46.3. The summed E-state index contributed by atoms with van der Waals surface area (Å²) in [6.45, 7) is 3.78. The number of carbonyl (C=O) groups excluding carboxylic acids is 2. The summed E-state index contributed by atoms with van der Waals surface area (Å²) in [5, 5.41) is 29.4. The Bertz CT molecular complexity index is 947. The monoisotopic (exact) mass is 687 g/mol. The first-order chi connectivity index (χ1) is 23.9. The molecule has 0 aromatic heterocycles. The van der Waals surface area contributed by atoms with Crippen molar-refractivity contribution >= 4 is 11.9 Å². The van der Waals surface area contributed by atoms with E-state index in [2.05, 4.69) is 13.8 Å². The van der Waals surface area contributed by atoms with Crippen LogP contribution >= 0.6 is 0 Å². The molecular weight excluding hydrogens is 616 g/mol. The maximum absolute atomic E-state index is 12.1. The highest BCUT2D eigenvalue weighted by Crippen LogP contribution is 2.14. The fraction of sp³-hybridized carbons (Fsp3) is 0.667. The van der Waals surface area contributed by atoms with Crippen molar-refractivity contribution in [3.05, 3.63) is 72.9 Å². The van der Waals surface area contributed by atoms with E-state index < -0.39 is 24.3 Å². The van der Waals surface area contributed by atoms with Gasteiger partial charge in [0, 0.05) is 12.8 Å². The topological polar surface area (TPSA) is 113 Å². The molecular formula is C42H70O7. The molecule has 0 aliphatic carbocycles. The van der Waals surface area contributed by atoms with Crippen LogP contribution in [-0.2, 0) is 19.1 Å². The average molecular weight is 687 g/mol. The van der Waals surface area contributed by atoms with E-state index in [0.29, 0.717) is 32.1 Å². The Morgan fingerprint density at radius 2 is 1.10 bits per heavy atom. The minimum atomic E-state index is -0.834. The Morgan fingerprint density at radius 1 is 0.592 bits per heavy atom. The van der Waals surface area contributed by atoms with Gasteiger partial charge in [-0.05, 0) is 38.5 Å². The van der Waals surface area contributed by atoms with Crippen molar-refractivity contribution in [3.63, 3.8) is 0 Å². The van der Waals surface area contributed by atoms with Crippen LogP contribution in [0.3, 0.4) is 0 Å². The molecule has 0 aromatic carbocycles. The molecule has 0 saturated heterocycles. The van der Waals surface area contributed by atoms with Gasteiger partial charge in [0.1, 0.15) is 6.61 Å². The number of rotatable bonds is 33. The first-order valence-corrected chi connectivity index (χ1v) is 19.2. The van der Waals surface area contributed by atoms with Crippen molar-refractivity contribution in [2.45, 2.75) is 167 Å². The van der Waals surface area contributed by atoms with Gasteiger partial charge < -0.3 is 24.8 Å². The maximum Gasteiger partial charge on any atom is 0.306 e. The lowest BCUT2D eigenvalue weighted by atomic mass is 10.0. The fourth-order valence-corrected chi connectivity index (χ4v) is 4.99. The van der Waals surface area contributed by atoms with Gasteiger partial charge in [0.15, 0.2) is 6.10 Å². The number of ether oxygens (including phenoxy) is 2. The van der Waals surface area contributed by atoms with Gasteiger partial charge in [-0.3, -0.25) is 9.59 Å². The Kier molecular flexibility index (Phi) is 34.5. The molecule has 7 nitrogen and oxygen atoms in total. The number of hydrogen-bond donors (Lipinski definition) is 3. The lowest BCUT2D eigenvalue weighted by Gasteiger charge is -2.15. The van der Waals surface area contributed by atoms with E-state index in [1.54, 1.807) is 24.3 Å². The molecule has 3 N–H and O–H groups in total. The lowest BCUT2D eigenvalue weighted by Crippen LogP contribution is -2.28. The van der Waals surface area contributed by atoms with E-state index in [4.69, 9.17) is 9.47 Å². The zero-order chi connectivity index (χ0) is 36.0. The van der Waals surface area contributed by atoms with Crippen LogP contribution in [0.25, 0.3) is 0 Å². The van der Waals surface area contributed by atoms with Gasteiger partial charge in [0.2, 0.25) is 0 Å². The summed E-state index contributed by atoms with van der Waals surface area (Å²) in [5.74, 6) is -0.761. The van der Waals surface area contributed by atoms with E-state index in [1.165, 1.54) is 70.6 Å². The van der Waals surface area contributed by atoms with Crippen molar-refractivity contribution < 1.29 is 34.4 Å². The van der Waals surface area contributed by atoms with Gasteiger partial charge in [-0.15, -0.1) is 0 Å². The van der Waals surface area contributed by atoms with Crippen LogP contribution in [-0.4, -0.2) is 58.8 Å². The normalized spacial score (nSPS) is 14.3. The van der Waals surface area contributed by atoms with E-state index >= 15 is 0 Å². The summed E-state index contributed by atoms with van der Waals surface area (Å²) < 4.78 is 10.5. The zero-order valence-electron chi connectivity index (χ0n) is 30.9. The molecule has 0 bridgehead atoms. The summed E-state index contributed by atoms with van der Waals surface area (Å²) >= 11 is 0. The Hall–Kier alpha value is -2.74. The van der Waals surface area contributed by atoms with Crippen LogP contribution < -0.4 is 0 Å². The van der Waals surface area contributed by atoms with Crippen LogP contribution in [0.5, 0.6) is 0 Å². The van der Waals surface area contributed by atoms with E-state index in [9.17, 15) is 24.9 Å². The third-order valence-electron chi connectivity index (χ3n) is 7.94. The molecule has 0 heterocycles. The predicted octanol–water partition coefficient (Wildman–Crippen LogP) is 9.72. The van der Waals surface area contributed by atoms with Crippen molar-refractivity contribution in [1.82, 2.24) is 0 Å². The van der Waals surface area contributed by atoms with Crippen LogP contribution in [0, 0.1) is 0 Å². The van der Waals surface area contributed by atoms with Crippen molar-refractivity contribution in [3.8, 4) is 0 Å². The zero-order valence-corrected chi connectivity index (χ0v) is 30.9. The molecule has 3 atom stereocenters. The second-order valence-electron chi connectivity index (χ2n) is 12.7. The smallest absolute Gasteiger partial charge is 0.306 e. The van der Waals surface area contributed by atoms with Gasteiger partial charge >= 0.3 is 11.9 Å². The summed E-state index contributed by atoms with van der Waals surface area (Å²) in [4.78, 5) is 24.2. The molecule has 0 radical (unpaired) electrons. The molecule has 0 aliphatic rings. The number of allylic oxidation sites excluding steroid dienone is 8. The van der Waals surface area contributed by atoms with Crippen molar-refractivity contribution in [1.29, 1.82) is 0 Å². The summed E-state index contributed by atoms with van der Waals surface area (Å²) in [5.41, 5.74) is 0. The number of carbonyl (C=O) groups is 2. The Balaban J connectivity index is 3.85. The predicted molar refractivity (Wildman–Crippen MR) is 203 cm³/mol. The lowest BCUT2D eigenvalue weighted by molar-refractivity contribution is -0.161. The molecule has 49 heavy (non-hydrogen) atoms. The summed E-state index contributed by atoms with van der Waals surface area (Å²) in [6, 6.07) is 0. The quantitative estimate of drug-likeness (QED) is 0.0273. The highest BCUT2D eigenvalue weighted by atomic mass is 16.6. The van der Waals surface area contributed by atoms with Gasteiger partial charge in [-0.2, -0.15) is 0 Å². The van der Waals surface area contributed by atoms with Gasteiger partial charge in [-0.25, -0.2) is 0 Å². The SMILES string of the molecule is CC/C=C\C[C@@H](O)/C=C/C=C\C=C\[C@@H](O)C/C=C\C/C=C\CCC(=O)OC[C@H](CO)OC(=O)CCCCCCCCCCCCCCCC. The van der Waals surface area contributed by atoms with Crippen LogP contribution in [0.15, 0.2) is 72.9 Å². The highest BCUT2D eigenvalue weighted by molar-refractivity contribution is 5.70. The standard InChI is InChI=1S/C42H70O7/c1-3-5-7-8-9-10-11-12-13-14-15-16-21-29-35-42(47)49-40(36-43)37-48-41(46)34-28-20-18-17-19-25-31-39(45)33-27-23-22-26-32-38(44)30-24-6-4-2/h6,18-20,22-27,32-33,38-40,43-45H,3-5,7-17,21,28-31,34-37H2,1-2H3/b20-18-,23-22-,24-6-,25-19-,32-26+,33-27+/t38-,39+,40+/m1/s1. The Morgan fingerprint density at radius 3 is 1.63 bits per heavy atom. The third kappa shape index (κ3) is 34.9. The molecule has 0 aromatic rings. The van der Waals surface area contributed by atoms with E-state index in [-0.39, 0.29) is 25.6 Å². The molecule has 0 rings (SSSR count). The second kappa shape index (κ2) is 36.5. The summed E-state index contributed by atoms with van der Waals surface area (Å²) in [6.07, 6.45) is 41.8. The van der Waals surface area contributed by atoms with Crippen molar-refractivity contribution in [2.24, 2.45) is 0 Å². The highest BCUT2D eigenvalue weighted by Gasteiger charge is 2.15. The molecule has 0 saturated carbocycles. The first-order valence-electron chi connectivity index (χ1n) is 19.2. The minimum Gasteiger partial charge on any atom is -0.462 e. The molecule has 7 heteroatoms. The molecule has 0 spiro atoms. The minimum absolute atomic E-state index is 0.143. The molecule has 0 fully saturated rings. The van der Waals surface area contributed by atoms with Gasteiger partial charge in [-0.1, -0.05) is 170 Å².